The lowest BCUT2D eigenvalue weighted by molar-refractivity contribution is -0.113. The van der Waals surface area contributed by atoms with Gasteiger partial charge >= 0.3 is 0 Å². The third kappa shape index (κ3) is 5.33. The summed E-state index contributed by atoms with van der Waals surface area (Å²) in [6.07, 6.45) is 0. The summed E-state index contributed by atoms with van der Waals surface area (Å²) in [4.78, 5) is 30.2. The van der Waals surface area contributed by atoms with E-state index in [1.165, 1.54) is 16.4 Å². The number of amides is 1. The molecule has 28 heavy (non-hydrogen) atoms. The Kier molecular flexibility index (Phi) is 7.22. The highest BCUT2D eigenvalue weighted by atomic mass is 32.2. The lowest BCUT2D eigenvalue weighted by Gasteiger charge is -2.19. The molecule has 152 valence electrons. The van der Waals surface area contributed by atoms with Crippen LogP contribution in [0.1, 0.15) is 19.4 Å². The van der Waals surface area contributed by atoms with Crippen LogP contribution in [0.2, 0.25) is 0 Å². The van der Waals surface area contributed by atoms with Crippen molar-refractivity contribution in [1.29, 1.82) is 0 Å². The maximum atomic E-state index is 12.7. The van der Waals surface area contributed by atoms with Gasteiger partial charge in [-0.05, 0) is 24.6 Å². The van der Waals surface area contributed by atoms with Gasteiger partial charge in [0.05, 0.1) is 10.6 Å². The molecular weight excluding hydrogens is 402 g/mol. The van der Waals surface area contributed by atoms with Crippen LogP contribution in [0.25, 0.3) is 0 Å². The van der Waals surface area contributed by atoms with Gasteiger partial charge in [0.2, 0.25) is 15.9 Å². The average Bonchev–Trinajstić information content (AvgIpc) is 2.61. The van der Waals surface area contributed by atoms with Gasteiger partial charge in [0, 0.05) is 24.8 Å². The molecule has 2 aromatic rings. The van der Waals surface area contributed by atoms with Crippen molar-refractivity contribution in [3.63, 3.8) is 0 Å². The monoisotopic (exact) mass is 425 g/mol. The number of hydrogen-bond acceptors (Lipinski definition) is 7. The molecular formula is C17H23N5O4S2. The molecule has 2 rings (SSSR count). The molecule has 0 spiro atoms. The molecule has 0 aliphatic carbocycles. The molecule has 0 bridgehead atoms. The van der Waals surface area contributed by atoms with E-state index in [0.717, 1.165) is 23.4 Å². The third-order valence-corrected chi connectivity index (χ3v) is 6.83. The summed E-state index contributed by atoms with van der Waals surface area (Å²) in [7, 11) is -3.63. The van der Waals surface area contributed by atoms with Crippen molar-refractivity contribution in [2.45, 2.75) is 30.8 Å². The first-order valence-electron chi connectivity index (χ1n) is 8.57. The quantitative estimate of drug-likeness (QED) is 0.429. The van der Waals surface area contributed by atoms with Crippen LogP contribution in [-0.4, -0.2) is 47.4 Å². The molecule has 0 saturated carbocycles. The first-order chi connectivity index (χ1) is 13.2. The summed E-state index contributed by atoms with van der Waals surface area (Å²) in [5, 5.41) is 2.93. The molecule has 1 heterocycles. The van der Waals surface area contributed by atoms with Gasteiger partial charge in [0.25, 0.3) is 5.56 Å². The highest BCUT2D eigenvalue weighted by Crippen LogP contribution is 2.23. The molecule has 0 radical (unpaired) electrons. The summed E-state index contributed by atoms with van der Waals surface area (Å²) >= 11 is 1.02. The zero-order valence-corrected chi connectivity index (χ0v) is 17.5. The molecule has 1 aromatic heterocycles. The number of carbonyl (C=O) groups excluding carboxylic acids is 1. The Bertz CT molecular complexity index is 1020. The summed E-state index contributed by atoms with van der Waals surface area (Å²) in [5.41, 5.74) is 6.24. The fourth-order valence-corrected chi connectivity index (χ4v) is 4.62. The van der Waals surface area contributed by atoms with Gasteiger partial charge in [0.1, 0.15) is 5.82 Å². The summed E-state index contributed by atoms with van der Waals surface area (Å²) in [6, 6.07) is 5.77. The maximum absolute atomic E-state index is 12.7. The fourth-order valence-electron chi connectivity index (χ4n) is 2.45. The van der Waals surface area contributed by atoms with Crippen molar-refractivity contribution in [3.8, 4) is 0 Å². The van der Waals surface area contributed by atoms with Crippen LogP contribution in [0.5, 0.6) is 0 Å². The second-order valence-electron chi connectivity index (χ2n) is 5.88. The number of nitrogens with two attached hydrogens (primary N) is 1. The number of nitrogens with one attached hydrogen (secondary N) is 2. The SMILES string of the molecule is CCN(CC)S(=O)(=O)c1ccc(C)c(NC(=O)CSc2nc(N)cc(=O)[nH]2)c1. The van der Waals surface area contributed by atoms with Crippen LogP contribution in [0.3, 0.4) is 0 Å². The van der Waals surface area contributed by atoms with Crippen LogP contribution in [0.15, 0.2) is 39.1 Å². The minimum Gasteiger partial charge on any atom is -0.383 e. The van der Waals surface area contributed by atoms with E-state index in [0.29, 0.717) is 18.8 Å². The lowest BCUT2D eigenvalue weighted by Crippen LogP contribution is -2.30. The van der Waals surface area contributed by atoms with E-state index in [9.17, 15) is 18.0 Å². The number of nitrogens with zero attached hydrogens (tertiary/aromatic N) is 2. The van der Waals surface area contributed by atoms with Crippen molar-refractivity contribution < 1.29 is 13.2 Å². The number of aromatic nitrogens is 2. The van der Waals surface area contributed by atoms with Crippen molar-refractivity contribution in [3.05, 3.63) is 40.2 Å². The highest BCUT2D eigenvalue weighted by molar-refractivity contribution is 7.99. The molecule has 0 fully saturated rings. The fraction of sp³-hybridized carbons (Fsp3) is 0.353. The van der Waals surface area contributed by atoms with Crippen molar-refractivity contribution in [2.75, 3.05) is 29.9 Å². The predicted molar refractivity (Wildman–Crippen MR) is 110 cm³/mol. The molecule has 4 N–H and O–H groups in total. The first kappa shape index (κ1) is 21.9. The zero-order chi connectivity index (χ0) is 20.9. The Morgan fingerprint density at radius 2 is 1.96 bits per heavy atom. The van der Waals surface area contributed by atoms with Gasteiger partial charge in [-0.1, -0.05) is 31.7 Å². The van der Waals surface area contributed by atoms with Gasteiger partial charge in [-0.25, -0.2) is 13.4 Å². The molecule has 1 amide bonds. The Morgan fingerprint density at radius 3 is 2.57 bits per heavy atom. The standard InChI is InChI=1S/C17H23N5O4S2/c1-4-22(5-2)28(25,26)12-7-6-11(3)13(8-12)19-16(24)10-27-17-20-14(18)9-15(23)21-17/h6-9H,4-5,10H2,1-3H3,(H,19,24)(H3,18,20,21,23). The number of nitrogen functional groups attached to an aromatic ring is 1. The zero-order valence-electron chi connectivity index (χ0n) is 15.9. The number of aryl methyl sites for hydroxylation is 1. The number of carbonyl (C=O) groups is 1. The second-order valence-corrected chi connectivity index (χ2v) is 8.78. The van der Waals surface area contributed by atoms with Gasteiger partial charge in [-0.2, -0.15) is 4.31 Å². The van der Waals surface area contributed by atoms with Crippen molar-refractivity contribution >= 4 is 39.2 Å². The molecule has 0 aliphatic rings. The Balaban J connectivity index is 2.15. The molecule has 11 heteroatoms. The smallest absolute Gasteiger partial charge is 0.253 e. The molecule has 9 nitrogen and oxygen atoms in total. The second kappa shape index (κ2) is 9.22. The number of rotatable bonds is 8. The number of thioether (sulfide) groups is 1. The molecule has 0 atom stereocenters. The van der Waals surface area contributed by atoms with E-state index in [1.54, 1.807) is 26.8 Å². The Morgan fingerprint density at radius 1 is 1.29 bits per heavy atom. The predicted octanol–water partition coefficient (Wildman–Crippen LogP) is 1.42. The Hall–Kier alpha value is -2.37. The molecule has 0 saturated heterocycles. The average molecular weight is 426 g/mol. The van der Waals surface area contributed by atoms with Crippen molar-refractivity contribution in [1.82, 2.24) is 14.3 Å². The molecule has 0 aliphatic heterocycles. The van der Waals surface area contributed by atoms with Gasteiger partial charge in [-0.3, -0.25) is 9.59 Å². The van der Waals surface area contributed by atoms with Crippen LogP contribution >= 0.6 is 11.8 Å². The molecule has 1 aromatic carbocycles. The lowest BCUT2D eigenvalue weighted by atomic mass is 10.2. The van der Waals surface area contributed by atoms with Gasteiger partial charge < -0.3 is 16.0 Å². The van der Waals surface area contributed by atoms with Crippen LogP contribution in [-0.2, 0) is 14.8 Å². The maximum Gasteiger partial charge on any atom is 0.253 e. The van der Waals surface area contributed by atoms with Crippen LogP contribution < -0.4 is 16.6 Å². The minimum atomic E-state index is -3.63. The van der Waals surface area contributed by atoms with E-state index in [2.05, 4.69) is 15.3 Å². The largest absolute Gasteiger partial charge is 0.383 e. The minimum absolute atomic E-state index is 0.0289. The van der Waals surface area contributed by atoms with E-state index in [4.69, 9.17) is 5.73 Å². The van der Waals surface area contributed by atoms with Crippen LogP contribution in [0, 0.1) is 6.92 Å². The number of aromatic amines is 1. The summed E-state index contributed by atoms with van der Waals surface area (Å²) in [5.74, 6) is -0.328. The van der Waals surface area contributed by atoms with Gasteiger partial charge in [-0.15, -0.1) is 0 Å². The number of benzene rings is 1. The first-order valence-corrected chi connectivity index (χ1v) is 11.0. The summed E-state index contributed by atoms with van der Waals surface area (Å²) < 4.78 is 26.7. The third-order valence-electron chi connectivity index (χ3n) is 3.91. The normalized spacial score (nSPS) is 11.6. The number of H-pyrrole nitrogens is 1. The van der Waals surface area contributed by atoms with E-state index < -0.39 is 15.6 Å². The number of hydrogen-bond donors (Lipinski definition) is 3. The van der Waals surface area contributed by atoms with E-state index in [-0.39, 0.29) is 27.5 Å². The molecule has 0 unspecified atom stereocenters. The van der Waals surface area contributed by atoms with E-state index in [1.807, 2.05) is 0 Å². The number of sulfonamides is 1. The Labute approximate surface area is 167 Å². The summed E-state index contributed by atoms with van der Waals surface area (Å²) in [6.45, 7) is 6.02. The van der Waals surface area contributed by atoms with Gasteiger partial charge in [0.15, 0.2) is 5.16 Å². The highest BCUT2D eigenvalue weighted by Gasteiger charge is 2.22. The van der Waals surface area contributed by atoms with Crippen molar-refractivity contribution in [2.24, 2.45) is 0 Å². The topological polar surface area (TPSA) is 138 Å². The van der Waals surface area contributed by atoms with Crippen LogP contribution in [0.4, 0.5) is 11.5 Å². The number of anilines is 2. The van der Waals surface area contributed by atoms with E-state index >= 15 is 0 Å².